The number of ether oxygens (including phenoxy) is 2. The Morgan fingerprint density at radius 3 is 2.77 bits per heavy atom. The third-order valence-corrected chi connectivity index (χ3v) is 4.51. The van der Waals surface area contributed by atoms with E-state index in [0.717, 1.165) is 33.5 Å². The number of para-hydroxylation sites is 1. The summed E-state index contributed by atoms with van der Waals surface area (Å²) in [6.45, 7) is 1.65. The van der Waals surface area contributed by atoms with E-state index in [1.807, 2.05) is 55.6 Å². The average molecular weight is 348 g/mol. The minimum Gasteiger partial charge on any atom is -0.486 e. The maximum absolute atomic E-state index is 12.7. The van der Waals surface area contributed by atoms with Crippen LogP contribution < -0.4 is 9.47 Å². The lowest BCUT2D eigenvalue weighted by Gasteiger charge is -2.21. The molecule has 2 aromatic carbocycles. The second-order valence-electron chi connectivity index (χ2n) is 6.40. The normalized spacial score (nSPS) is 12.8. The summed E-state index contributed by atoms with van der Waals surface area (Å²) >= 11 is 0. The molecule has 0 bridgehead atoms. The fourth-order valence-corrected chi connectivity index (χ4v) is 3.16. The molecule has 1 amide bonds. The molecule has 4 rings (SSSR count). The number of carbonyl (C=O) groups excluding carboxylic acids is 1. The summed E-state index contributed by atoms with van der Waals surface area (Å²) in [4.78, 5) is 18.8. The van der Waals surface area contributed by atoms with Crippen LogP contribution in [0, 0.1) is 0 Å². The number of pyridine rings is 1. The van der Waals surface area contributed by atoms with Gasteiger partial charge in [0, 0.05) is 25.2 Å². The molecule has 0 atom stereocenters. The quantitative estimate of drug-likeness (QED) is 0.726. The van der Waals surface area contributed by atoms with E-state index >= 15 is 0 Å². The van der Waals surface area contributed by atoms with E-state index in [4.69, 9.17) is 9.47 Å². The predicted molar refractivity (Wildman–Crippen MR) is 99.4 cm³/mol. The van der Waals surface area contributed by atoms with E-state index in [2.05, 4.69) is 4.98 Å². The predicted octanol–water partition coefficient (Wildman–Crippen LogP) is 3.21. The third-order valence-electron chi connectivity index (χ3n) is 4.51. The third kappa shape index (κ3) is 3.33. The van der Waals surface area contributed by atoms with Gasteiger partial charge in [-0.15, -0.1) is 0 Å². The summed E-state index contributed by atoms with van der Waals surface area (Å²) in [6.07, 6.45) is 2.09. The van der Waals surface area contributed by atoms with Crippen molar-refractivity contribution in [3.05, 3.63) is 65.9 Å². The lowest BCUT2D eigenvalue weighted by atomic mass is 10.1. The number of carbonyl (C=O) groups is 1. The van der Waals surface area contributed by atoms with Crippen molar-refractivity contribution < 1.29 is 14.3 Å². The molecule has 0 saturated heterocycles. The molecule has 3 aromatic rings. The Bertz CT molecular complexity index is 950. The summed E-state index contributed by atoms with van der Waals surface area (Å²) in [6, 6.07) is 15.7. The number of rotatable bonds is 4. The molecule has 5 heteroatoms. The standard InChI is InChI=1S/C21H20N2O3/c1-23(14-15-7-8-18-19(12-15)26-11-10-25-18)20(24)13-17-5-2-4-16-6-3-9-22-21(16)17/h2-9,12H,10-11,13-14H2,1H3. The Hall–Kier alpha value is -3.08. The van der Waals surface area contributed by atoms with Gasteiger partial charge in [-0.25, -0.2) is 0 Å². The monoisotopic (exact) mass is 348 g/mol. The van der Waals surface area contributed by atoms with Crippen LogP contribution in [0.5, 0.6) is 11.5 Å². The van der Waals surface area contributed by atoms with Crippen LogP contribution >= 0.6 is 0 Å². The summed E-state index contributed by atoms with van der Waals surface area (Å²) in [5, 5.41) is 1.05. The zero-order valence-corrected chi connectivity index (χ0v) is 14.6. The molecule has 1 aliphatic heterocycles. The Kier molecular flexibility index (Phi) is 4.44. The number of benzene rings is 2. The first-order valence-electron chi connectivity index (χ1n) is 8.66. The highest BCUT2D eigenvalue weighted by Gasteiger charge is 2.15. The van der Waals surface area contributed by atoms with Gasteiger partial charge in [-0.05, 0) is 29.3 Å². The van der Waals surface area contributed by atoms with Crippen molar-refractivity contribution >= 4 is 16.8 Å². The number of fused-ring (bicyclic) bond motifs is 2. The van der Waals surface area contributed by atoms with Crippen LogP contribution in [0.2, 0.25) is 0 Å². The van der Waals surface area contributed by atoms with Crippen molar-refractivity contribution in [2.24, 2.45) is 0 Å². The Morgan fingerprint density at radius 1 is 1.08 bits per heavy atom. The Morgan fingerprint density at radius 2 is 1.88 bits per heavy atom. The van der Waals surface area contributed by atoms with Gasteiger partial charge in [-0.1, -0.05) is 30.3 Å². The van der Waals surface area contributed by atoms with Crippen molar-refractivity contribution in [2.75, 3.05) is 20.3 Å². The van der Waals surface area contributed by atoms with Gasteiger partial charge in [0.05, 0.1) is 11.9 Å². The van der Waals surface area contributed by atoms with Crippen LogP contribution in [0.4, 0.5) is 0 Å². The van der Waals surface area contributed by atoms with E-state index in [1.165, 1.54) is 0 Å². The number of hydrogen-bond acceptors (Lipinski definition) is 4. The fourth-order valence-electron chi connectivity index (χ4n) is 3.16. The van der Waals surface area contributed by atoms with Gasteiger partial charge in [0.15, 0.2) is 11.5 Å². The van der Waals surface area contributed by atoms with Gasteiger partial charge >= 0.3 is 0 Å². The molecule has 0 radical (unpaired) electrons. The molecule has 0 N–H and O–H groups in total. The smallest absolute Gasteiger partial charge is 0.227 e. The average Bonchev–Trinajstić information content (AvgIpc) is 2.68. The van der Waals surface area contributed by atoms with Crippen molar-refractivity contribution in [2.45, 2.75) is 13.0 Å². The number of nitrogens with zero attached hydrogens (tertiary/aromatic N) is 2. The molecule has 0 spiro atoms. The highest BCUT2D eigenvalue weighted by atomic mass is 16.6. The van der Waals surface area contributed by atoms with Gasteiger partial charge in [0.2, 0.25) is 5.91 Å². The zero-order chi connectivity index (χ0) is 17.9. The second kappa shape index (κ2) is 7.04. The van der Waals surface area contributed by atoms with Crippen LogP contribution in [-0.4, -0.2) is 36.1 Å². The van der Waals surface area contributed by atoms with Gasteiger partial charge in [-0.3, -0.25) is 9.78 Å². The molecule has 0 unspecified atom stereocenters. The molecule has 1 aliphatic rings. The van der Waals surface area contributed by atoms with E-state index in [0.29, 0.717) is 26.2 Å². The van der Waals surface area contributed by atoms with Crippen molar-refractivity contribution in [3.63, 3.8) is 0 Å². The summed E-state index contributed by atoms with van der Waals surface area (Å²) in [5.74, 6) is 1.56. The molecular weight excluding hydrogens is 328 g/mol. The summed E-state index contributed by atoms with van der Waals surface area (Å²) in [7, 11) is 1.82. The Balaban J connectivity index is 1.48. The minimum atomic E-state index is 0.0537. The van der Waals surface area contributed by atoms with Crippen molar-refractivity contribution in [3.8, 4) is 11.5 Å². The van der Waals surface area contributed by atoms with Gasteiger partial charge < -0.3 is 14.4 Å². The topological polar surface area (TPSA) is 51.7 Å². The summed E-state index contributed by atoms with van der Waals surface area (Å²) in [5.41, 5.74) is 2.85. The number of amides is 1. The largest absolute Gasteiger partial charge is 0.486 e. The van der Waals surface area contributed by atoms with E-state index < -0.39 is 0 Å². The SMILES string of the molecule is CN(Cc1ccc2c(c1)OCCO2)C(=O)Cc1cccc2cccnc12. The molecule has 0 saturated carbocycles. The highest BCUT2D eigenvalue weighted by molar-refractivity contribution is 5.87. The van der Waals surface area contributed by atoms with Gasteiger partial charge in [0.1, 0.15) is 13.2 Å². The highest BCUT2D eigenvalue weighted by Crippen LogP contribution is 2.31. The van der Waals surface area contributed by atoms with Crippen LogP contribution in [-0.2, 0) is 17.8 Å². The molecule has 5 nitrogen and oxygen atoms in total. The van der Waals surface area contributed by atoms with Gasteiger partial charge in [0.25, 0.3) is 0 Å². The van der Waals surface area contributed by atoms with E-state index in [-0.39, 0.29) is 5.91 Å². The van der Waals surface area contributed by atoms with E-state index in [9.17, 15) is 4.79 Å². The lowest BCUT2D eigenvalue weighted by Crippen LogP contribution is -2.28. The molecular formula is C21H20N2O3. The van der Waals surface area contributed by atoms with Crippen molar-refractivity contribution in [1.82, 2.24) is 9.88 Å². The van der Waals surface area contributed by atoms with Crippen LogP contribution in [0.15, 0.2) is 54.7 Å². The van der Waals surface area contributed by atoms with Gasteiger partial charge in [-0.2, -0.15) is 0 Å². The Labute approximate surface area is 152 Å². The first-order chi connectivity index (χ1) is 12.7. The van der Waals surface area contributed by atoms with Crippen LogP contribution in [0.25, 0.3) is 10.9 Å². The maximum atomic E-state index is 12.7. The first-order valence-corrected chi connectivity index (χ1v) is 8.66. The first kappa shape index (κ1) is 16.4. The summed E-state index contributed by atoms with van der Waals surface area (Å²) < 4.78 is 11.2. The maximum Gasteiger partial charge on any atom is 0.227 e. The van der Waals surface area contributed by atoms with Crippen LogP contribution in [0.3, 0.4) is 0 Å². The fraction of sp³-hybridized carbons (Fsp3) is 0.238. The number of hydrogen-bond donors (Lipinski definition) is 0. The molecule has 26 heavy (non-hydrogen) atoms. The van der Waals surface area contributed by atoms with E-state index in [1.54, 1.807) is 11.1 Å². The second-order valence-corrected chi connectivity index (χ2v) is 6.40. The van der Waals surface area contributed by atoms with Crippen molar-refractivity contribution in [1.29, 1.82) is 0 Å². The van der Waals surface area contributed by atoms with Crippen LogP contribution in [0.1, 0.15) is 11.1 Å². The zero-order valence-electron chi connectivity index (χ0n) is 14.6. The molecule has 0 fully saturated rings. The molecule has 2 heterocycles. The molecule has 0 aliphatic carbocycles. The lowest BCUT2D eigenvalue weighted by molar-refractivity contribution is -0.129. The molecule has 132 valence electrons. The number of likely N-dealkylation sites (N-methyl/N-ethyl adjacent to an activating group) is 1. The minimum absolute atomic E-state index is 0.0537. The number of aromatic nitrogens is 1. The molecule has 1 aromatic heterocycles.